The van der Waals surface area contributed by atoms with Crippen LogP contribution in [0.5, 0.6) is 0 Å². The largest absolute Gasteiger partial charge is 0.392 e. The fourth-order valence-electron chi connectivity index (χ4n) is 1.89. The lowest BCUT2D eigenvalue weighted by Crippen LogP contribution is -2.29. The van der Waals surface area contributed by atoms with Crippen LogP contribution in [0.4, 0.5) is 13.2 Å². The van der Waals surface area contributed by atoms with Gasteiger partial charge in [-0.05, 0) is 28.6 Å². The van der Waals surface area contributed by atoms with E-state index >= 15 is 0 Å². The third-order valence-corrected chi connectivity index (χ3v) is 3.46. The first kappa shape index (κ1) is 16.0. The average Bonchev–Trinajstić information content (AvgIpc) is 2.28. The molecule has 0 aliphatic rings. The first-order chi connectivity index (χ1) is 8.64. The van der Waals surface area contributed by atoms with E-state index in [-0.39, 0.29) is 5.92 Å². The summed E-state index contributed by atoms with van der Waals surface area (Å²) in [5.41, 5.74) is 1.30. The van der Waals surface area contributed by atoms with Crippen molar-refractivity contribution < 1.29 is 18.0 Å². The van der Waals surface area contributed by atoms with Crippen LogP contribution in [0.15, 0.2) is 24.3 Å². The van der Waals surface area contributed by atoms with Crippen molar-refractivity contribution in [3.8, 4) is 0 Å². The summed E-state index contributed by atoms with van der Waals surface area (Å²) in [6.45, 7) is 4.94. The van der Waals surface area contributed by atoms with Crippen LogP contribution in [0.2, 0.25) is 0 Å². The molecule has 1 nitrogen and oxygen atoms in total. The van der Waals surface area contributed by atoms with Gasteiger partial charge in [-0.3, -0.25) is 4.79 Å². The van der Waals surface area contributed by atoms with E-state index in [1.807, 2.05) is 13.8 Å². The number of benzene rings is 1. The second-order valence-corrected chi connectivity index (χ2v) is 5.31. The molecule has 1 aromatic rings. The van der Waals surface area contributed by atoms with Crippen molar-refractivity contribution in [1.29, 1.82) is 0 Å². The van der Waals surface area contributed by atoms with Gasteiger partial charge in [-0.25, -0.2) is 0 Å². The van der Waals surface area contributed by atoms with Crippen LogP contribution in [0.25, 0.3) is 0 Å². The zero-order valence-electron chi connectivity index (χ0n) is 11.0. The molecule has 0 saturated heterocycles. The molecule has 0 spiro atoms. The highest BCUT2D eigenvalue weighted by molar-refractivity contribution is 6.64. The highest BCUT2D eigenvalue weighted by atomic mass is 35.5. The minimum atomic E-state index is -4.45. The van der Waals surface area contributed by atoms with Crippen molar-refractivity contribution in [3.05, 3.63) is 35.4 Å². The molecule has 5 heteroatoms. The monoisotopic (exact) mass is 292 g/mol. The Labute approximate surface area is 115 Å². The van der Waals surface area contributed by atoms with Crippen molar-refractivity contribution >= 4 is 16.8 Å². The van der Waals surface area contributed by atoms with Crippen LogP contribution >= 0.6 is 11.6 Å². The zero-order chi connectivity index (χ0) is 14.8. The summed E-state index contributed by atoms with van der Waals surface area (Å²) in [6, 6.07) is 6.55. The Balaban J connectivity index is 3.10. The summed E-state index contributed by atoms with van der Waals surface area (Å²) in [5.74, 6) is -2.88. The topological polar surface area (TPSA) is 17.1 Å². The molecule has 2 unspecified atom stereocenters. The van der Waals surface area contributed by atoms with Gasteiger partial charge in [0.1, 0.15) is 0 Å². The van der Waals surface area contributed by atoms with E-state index in [4.69, 9.17) is 11.6 Å². The SMILES string of the molecule is CC(C)c1ccc(C(C(=O)Cl)C(C)C(F)(F)F)cc1. The quantitative estimate of drug-likeness (QED) is 0.725. The van der Waals surface area contributed by atoms with Gasteiger partial charge in [-0.15, -0.1) is 0 Å². The van der Waals surface area contributed by atoms with E-state index < -0.39 is 23.3 Å². The summed E-state index contributed by atoms with van der Waals surface area (Å²) in [4.78, 5) is 11.3. The number of carbonyl (C=O) groups excluding carboxylic acids is 1. The Kier molecular flexibility index (Phi) is 5.02. The first-order valence-corrected chi connectivity index (χ1v) is 6.38. The fourth-order valence-corrected chi connectivity index (χ4v) is 2.21. The third kappa shape index (κ3) is 3.96. The standard InChI is InChI=1S/C14H16ClF3O/c1-8(2)10-4-6-11(7-5-10)12(13(15)19)9(3)14(16,17)18/h4-9,12H,1-3H3. The molecule has 0 aliphatic heterocycles. The lowest BCUT2D eigenvalue weighted by atomic mass is 9.86. The Bertz CT molecular complexity index is 437. The summed E-state index contributed by atoms with van der Waals surface area (Å²) < 4.78 is 38.2. The summed E-state index contributed by atoms with van der Waals surface area (Å²) in [6.07, 6.45) is -4.45. The molecule has 106 valence electrons. The maximum absolute atomic E-state index is 12.7. The van der Waals surface area contributed by atoms with E-state index in [1.165, 1.54) is 0 Å². The van der Waals surface area contributed by atoms with Gasteiger partial charge >= 0.3 is 6.18 Å². The molecule has 0 heterocycles. The molecule has 19 heavy (non-hydrogen) atoms. The molecule has 0 aromatic heterocycles. The number of carbonyl (C=O) groups is 1. The Morgan fingerprint density at radius 1 is 1.05 bits per heavy atom. The number of rotatable bonds is 4. The predicted octanol–water partition coefficient (Wildman–Crippen LogP) is 4.86. The zero-order valence-corrected chi connectivity index (χ0v) is 11.7. The lowest BCUT2D eigenvalue weighted by Gasteiger charge is -2.23. The van der Waals surface area contributed by atoms with Gasteiger partial charge in [0.15, 0.2) is 0 Å². The molecule has 1 rings (SSSR count). The Morgan fingerprint density at radius 3 is 1.79 bits per heavy atom. The minimum Gasteiger partial charge on any atom is -0.281 e. The van der Waals surface area contributed by atoms with Gasteiger partial charge < -0.3 is 0 Å². The van der Waals surface area contributed by atoms with Crippen molar-refractivity contribution in [2.24, 2.45) is 5.92 Å². The van der Waals surface area contributed by atoms with Crippen molar-refractivity contribution in [1.82, 2.24) is 0 Å². The molecule has 0 radical (unpaired) electrons. The molecule has 0 saturated carbocycles. The van der Waals surface area contributed by atoms with Crippen LogP contribution in [0, 0.1) is 5.92 Å². The second kappa shape index (κ2) is 5.95. The fraction of sp³-hybridized carbons (Fsp3) is 0.500. The number of hydrogen-bond acceptors (Lipinski definition) is 1. The van der Waals surface area contributed by atoms with Crippen LogP contribution in [-0.2, 0) is 4.79 Å². The average molecular weight is 293 g/mol. The van der Waals surface area contributed by atoms with E-state index in [2.05, 4.69) is 0 Å². The van der Waals surface area contributed by atoms with Gasteiger partial charge in [0.25, 0.3) is 0 Å². The van der Waals surface area contributed by atoms with Crippen molar-refractivity contribution in [2.75, 3.05) is 0 Å². The Hall–Kier alpha value is -1.03. The first-order valence-electron chi connectivity index (χ1n) is 6.00. The van der Waals surface area contributed by atoms with Gasteiger partial charge in [0.2, 0.25) is 5.24 Å². The summed E-state index contributed by atoms with van der Waals surface area (Å²) >= 11 is 5.34. The molecule has 0 fully saturated rings. The number of hydrogen-bond donors (Lipinski definition) is 0. The highest BCUT2D eigenvalue weighted by Crippen LogP contribution is 2.38. The number of alkyl halides is 3. The van der Waals surface area contributed by atoms with E-state index in [1.54, 1.807) is 24.3 Å². The summed E-state index contributed by atoms with van der Waals surface area (Å²) in [5, 5.41) is -0.984. The van der Waals surface area contributed by atoms with Gasteiger partial charge in [-0.1, -0.05) is 45.0 Å². The Morgan fingerprint density at radius 2 is 1.47 bits per heavy atom. The molecule has 0 N–H and O–H groups in total. The van der Waals surface area contributed by atoms with Crippen molar-refractivity contribution in [3.63, 3.8) is 0 Å². The van der Waals surface area contributed by atoms with Crippen LogP contribution < -0.4 is 0 Å². The minimum absolute atomic E-state index is 0.277. The number of halogens is 4. The van der Waals surface area contributed by atoms with Crippen molar-refractivity contribution in [2.45, 2.75) is 38.8 Å². The summed E-state index contributed by atoms with van der Waals surface area (Å²) in [7, 11) is 0. The molecular weight excluding hydrogens is 277 g/mol. The maximum atomic E-state index is 12.7. The van der Waals surface area contributed by atoms with E-state index in [0.717, 1.165) is 12.5 Å². The van der Waals surface area contributed by atoms with Gasteiger partial charge in [-0.2, -0.15) is 13.2 Å². The van der Waals surface area contributed by atoms with Gasteiger partial charge in [0.05, 0.1) is 11.8 Å². The third-order valence-electron chi connectivity index (χ3n) is 3.22. The van der Waals surface area contributed by atoms with Crippen LogP contribution in [-0.4, -0.2) is 11.4 Å². The predicted molar refractivity (Wildman–Crippen MR) is 69.4 cm³/mol. The molecule has 0 aliphatic carbocycles. The van der Waals surface area contributed by atoms with Gasteiger partial charge in [0, 0.05) is 0 Å². The normalized spacial score (nSPS) is 15.4. The smallest absolute Gasteiger partial charge is 0.281 e. The molecule has 1 aromatic carbocycles. The molecule has 0 amide bonds. The second-order valence-electron chi connectivity index (χ2n) is 4.93. The molecule has 2 atom stereocenters. The van der Waals surface area contributed by atoms with E-state index in [9.17, 15) is 18.0 Å². The highest BCUT2D eigenvalue weighted by Gasteiger charge is 2.44. The van der Waals surface area contributed by atoms with Crippen LogP contribution in [0.1, 0.15) is 43.7 Å². The maximum Gasteiger partial charge on any atom is 0.392 e. The van der Waals surface area contributed by atoms with E-state index in [0.29, 0.717) is 5.56 Å². The van der Waals surface area contributed by atoms with Crippen LogP contribution in [0.3, 0.4) is 0 Å². The molecular formula is C14H16ClF3O. The molecule has 0 bridgehead atoms. The lowest BCUT2D eigenvalue weighted by molar-refractivity contribution is -0.177.